The molecule has 1 heterocycles. The molecule has 3 heteroatoms. The molecule has 0 spiro atoms. The van der Waals surface area contributed by atoms with Gasteiger partial charge in [-0.15, -0.1) is 0 Å². The summed E-state index contributed by atoms with van der Waals surface area (Å²) in [4.78, 5) is 7.85. The van der Waals surface area contributed by atoms with Crippen LogP contribution in [0.15, 0.2) is 24.5 Å². The van der Waals surface area contributed by atoms with Crippen LogP contribution in [0.2, 0.25) is 0 Å². The highest BCUT2D eigenvalue weighted by Crippen LogP contribution is 2.13. The molecule has 1 radical (unpaired) electrons. The molecule has 53 valence electrons. The number of benzene rings is 1. The van der Waals surface area contributed by atoms with Gasteiger partial charge in [-0.05, 0) is 6.07 Å². The molecule has 2 N–H and O–H groups in total. The number of aromatic nitrogens is 2. The standard InChI is InChI=1S/C8H6N3/c9-8-6-3-1-2-4-7(6)10-5-11-8/h1-3,5H,(H2,9,10,11). The molecule has 0 aliphatic carbocycles. The number of hydrogen-bond acceptors (Lipinski definition) is 3. The second kappa shape index (κ2) is 2.20. The first-order valence-corrected chi connectivity index (χ1v) is 3.25. The summed E-state index contributed by atoms with van der Waals surface area (Å²) < 4.78 is 0. The fourth-order valence-corrected chi connectivity index (χ4v) is 0.960. The minimum atomic E-state index is 0.506. The second-order valence-electron chi connectivity index (χ2n) is 2.19. The van der Waals surface area contributed by atoms with Crippen molar-refractivity contribution in [3.05, 3.63) is 30.6 Å². The number of hydrogen-bond donors (Lipinski definition) is 1. The molecule has 3 nitrogen and oxygen atoms in total. The Morgan fingerprint density at radius 1 is 1.36 bits per heavy atom. The van der Waals surface area contributed by atoms with E-state index >= 15 is 0 Å². The number of fused-ring (bicyclic) bond motifs is 1. The molecule has 0 saturated heterocycles. The minimum Gasteiger partial charge on any atom is -0.383 e. The number of rotatable bonds is 0. The van der Waals surface area contributed by atoms with Gasteiger partial charge >= 0.3 is 0 Å². The maximum absolute atomic E-state index is 5.59. The summed E-state index contributed by atoms with van der Waals surface area (Å²) in [6.45, 7) is 0. The van der Waals surface area contributed by atoms with E-state index < -0.39 is 0 Å². The van der Waals surface area contributed by atoms with Crippen molar-refractivity contribution >= 4 is 16.7 Å². The summed E-state index contributed by atoms with van der Waals surface area (Å²) in [6, 6.07) is 8.50. The van der Waals surface area contributed by atoms with Crippen LogP contribution in [0.4, 0.5) is 5.82 Å². The number of nitrogen functional groups attached to an aromatic ring is 1. The van der Waals surface area contributed by atoms with Crippen molar-refractivity contribution in [1.82, 2.24) is 9.97 Å². The molecule has 0 aliphatic rings. The molecule has 0 bridgehead atoms. The van der Waals surface area contributed by atoms with Gasteiger partial charge < -0.3 is 5.73 Å². The van der Waals surface area contributed by atoms with Gasteiger partial charge in [0.05, 0.1) is 5.52 Å². The van der Waals surface area contributed by atoms with Gasteiger partial charge in [-0.2, -0.15) is 0 Å². The Morgan fingerprint density at radius 3 is 3.09 bits per heavy atom. The normalized spacial score (nSPS) is 10.2. The maximum Gasteiger partial charge on any atom is 0.134 e. The molecular formula is C8H6N3. The zero-order valence-corrected chi connectivity index (χ0v) is 5.78. The molecule has 0 fully saturated rings. The summed E-state index contributed by atoms with van der Waals surface area (Å²) >= 11 is 0. The average molecular weight is 144 g/mol. The molecule has 0 aliphatic heterocycles. The van der Waals surface area contributed by atoms with Crippen LogP contribution in [0.3, 0.4) is 0 Å². The Labute approximate surface area is 63.9 Å². The van der Waals surface area contributed by atoms with Crippen LogP contribution in [0.5, 0.6) is 0 Å². The predicted octanol–water partition coefficient (Wildman–Crippen LogP) is 1.01. The lowest BCUT2D eigenvalue weighted by atomic mass is 10.2. The molecule has 2 rings (SSSR count). The van der Waals surface area contributed by atoms with Crippen LogP contribution >= 0.6 is 0 Å². The van der Waals surface area contributed by atoms with E-state index in [-0.39, 0.29) is 0 Å². The van der Waals surface area contributed by atoms with E-state index in [2.05, 4.69) is 16.0 Å². The highest BCUT2D eigenvalue weighted by Gasteiger charge is 1.96. The zero-order valence-electron chi connectivity index (χ0n) is 5.78. The molecule has 1 aromatic heterocycles. The molecule has 0 unspecified atom stereocenters. The van der Waals surface area contributed by atoms with Crippen molar-refractivity contribution in [2.75, 3.05) is 5.73 Å². The van der Waals surface area contributed by atoms with Crippen LogP contribution in [0, 0.1) is 6.07 Å². The first-order chi connectivity index (χ1) is 5.38. The van der Waals surface area contributed by atoms with Crippen molar-refractivity contribution in [3.63, 3.8) is 0 Å². The SMILES string of the molecule is Nc1ncnc2[c]cccc12. The van der Waals surface area contributed by atoms with Crippen LogP contribution in [-0.4, -0.2) is 9.97 Å². The first kappa shape index (κ1) is 6.09. The molecule has 0 atom stereocenters. The van der Waals surface area contributed by atoms with E-state index in [4.69, 9.17) is 5.73 Å². The lowest BCUT2D eigenvalue weighted by molar-refractivity contribution is 1.23. The Kier molecular flexibility index (Phi) is 1.22. The van der Waals surface area contributed by atoms with E-state index in [0.29, 0.717) is 5.82 Å². The van der Waals surface area contributed by atoms with Crippen LogP contribution in [0.25, 0.3) is 10.9 Å². The summed E-state index contributed by atoms with van der Waals surface area (Å²) in [5.41, 5.74) is 6.35. The highest BCUT2D eigenvalue weighted by molar-refractivity contribution is 5.86. The largest absolute Gasteiger partial charge is 0.383 e. The topological polar surface area (TPSA) is 51.8 Å². The Morgan fingerprint density at radius 2 is 2.27 bits per heavy atom. The van der Waals surface area contributed by atoms with E-state index in [9.17, 15) is 0 Å². The number of nitrogens with two attached hydrogens (primary N) is 1. The smallest absolute Gasteiger partial charge is 0.134 e. The van der Waals surface area contributed by atoms with Crippen molar-refractivity contribution in [2.45, 2.75) is 0 Å². The van der Waals surface area contributed by atoms with Gasteiger partial charge in [0.15, 0.2) is 0 Å². The van der Waals surface area contributed by atoms with E-state index in [1.54, 1.807) is 6.07 Å². The van der Waals surface area contributed by atoms with Crippen molar-refractivity contribution in [2.24, 2.45) is 0 Å². The quantitative estimate of drug-likeness (QED) is 0.600. The molecule has 1 aromatic carbocycles. The van der Waals surface area contributed by atoms with Gasteiger partial charge in [-0.25, -0.2) is 9.97 Å². The fraction of sp³-hybridized carbons (Fsp3) is 0. The lowest BCUT2D eigenvalue weighted by Crippen LogP contribution is -1.92. The van der Waals surface area contributed by atoms with E-state index in [1.807, 2.05) is 12.1 Å². The van der Waals surface area contributed by atoms with Gasteiger partial charge in [0.2, 0.25) is 0 Å². The molecule has 0 saturated carbocycles. The average Bonchev–Trinajstić information content (AvgIpc) is 2.06. The van der Waals surface area contributed by atoms with Gasteiger partial charge in [0.1, 0.15) is 12.1 Å². The van der Waals surface area contributed by atoms with Crippen molar-refractivity contribution < 1.29 is 0 Å². The molecule has 11 heavy (non-hydrogen) atoms. The number of para-hydroxylation sites is 1. The highest BCUT2D eigenvalue weighted by atomic mass is 14.9. The second-order valence-corrected chi connectivity index (χ2v) is 2.19. The summed E-state index contributed by atoms with van der Waals surface area (Å²) in [6.07, 6.45) is 1.44. The lowest BCUT2D eigenvalue weighted by Gasteiger charge is -1.96. The van der Waals surface area contributed by atoms with Gasteiger partial charge in [0, 0.05) is 11.5 Å². The van der Waals surface area contributed by atoms with Gasteiger partial charge in [0.25, 0.3) is 0 Å². The van der Waals surface area contributed by atoms with E-state index in [1.165, 1.54) is 6.33 Å². The molecule has 2 aromatic rings. The number of nitrogens with zero attached hydrogens (tertiary/aromatic N) is 2. The molecule has 0 amide bonds. The third-order valence-electron chi connectivity index (χ3n) is 1.49. The van der Waals surface area contributed by atoms with Gasteiger partial charge in [-0.1, -0.05) is 12.1 Å². The number of anilines is 1. The third kappa shape index (κ3) is 0.902. The Balaban J connectivity index is 2.91. The van der Waals surface area contributed by atoms with Crippen molar-refractivity contribution in [1.29, 1.82) is 0 Å². The maximum atomic E-state index is 5.59. The first-order valence-electron chi connectivity index (χ1n) is 3.25. The fourth-order valence-electron chi connectivity index (χ4n) is 0.960. The Hall–Kier alpha value is -1.64. The zero-order chi connectivity index (χ0) is 7.68. The summed E-state index contributed by atoms with van der Waals surface area (Å²) in [7, 11) is 0. The Bertz CT molecular complexity index is 378. The molecular weight excluding hydrogens is 138 g/mol. The van der Waals surface area contributed by atoms with Crippen LogP contribution in [0.1, 0.15) is 0 Å². The van der Waals surface area contributed by atoms with E-state index in [0.717, 1.165) is 10.9 Å². The van der Waals surface area contributed by atoms with Gasteiger partial charge in [-0.3, -0.25) is 0 Å². The van der Waals surface area contributed by atoms with Crippen LogP contribution in [-0.2, 0) is 0 Å². The predicted molar refractivity (Wildman–Crippen MR) is 42.8 cm³/mol. The third-order valence-corrected chi connectivity index (χ3v) is 1.49. The minimum absolute atomic E-state index is 0.506. The van der Waals surface area contributed by atoms with Crippen molar-refractivity contribution in [3.8, 4) is 0 Å². The summed E-state index contributed by atoms with van der Waals surface area (Å²) in [5, 5.41) is 0.856. The monoisotopic (exact) mass is 144 g/mol. The van der Waals surface area contributed by atoms with Crippen LogP contribution < -0.4 is 5.73 Å². The summed E-state index contributed by atoms with van der Waals surface area (Å²) in [5.74, 6) is 0.506.